The minimum absolute atomic E-state index is 0.0507. The third kappa shape index (κ3) is 3.13. The summed E-state index contributed by atoms with van der Waals surface area (Å²) in [5.74, 6) is -0.0507. The normalized spacial score (nSPS) is 10.1. The molecule has 2 rings (SSSR count). The number of carbonyl (C=O) groups is 1. The maximum Gasteiger partial charge on any atom is 0.221 e. The molecule has 0 fully saturated rings. The van der Waals surface area contributed by atoms with E-state index in [1.54, 1.807) is 0 Å². The van der Waals surface area contributed by atoms with Gasteiger partial charge < -0.3 is 15.6 Å². The second kappa shape index (κ2) is 5.40. The van der Waals surface area contributed by atoms with E-state index >= 15 is 0 Å². The topological polar surface area (TPSA) is 56.9 Å². The molecule has 0 bridgehead atoms. The summed E-state index contributed by atoms with van der Waals surface area (Å²) in [4.78, 5) is 14.1. The van der Waals surface area contributed by atoms with Crippen molar-refractivity contribution in [1.29, 1.82) is 0 Å². The number of nitrogens with one attached hydrogen (secondary N) is 3. The summed E-state index contributed by atoms with van der Waals surface area (Å²) in [6.45, 7) is 4.24. The summed E-state index contributed by atoms with van der Waals surface area (Å²) in [6, 6.07) is 9.90. The Labute approximate surface area is 106 Å². The molecule has 0 aliphatic heterocycles. The van der Waals surface area contributed by atoms with Crippen LogP contribution in [0.5, 0.6) is 0 Å². The summed E-state index contributed by atoms with van der Waals surface area (Å²) in [5.41, 5.74) is 4.07. The van der Waals surface area contributed by atoms with E-state index in [1.165, 1.54) is 6.92 Å². The van der Waals surface area contributed by atoms with Crippen molar-refractivity contribution in [2.24, 2.45) is 0 Å². The molecule has 1 heterocycles. The molecule has 0 aliphatic carbocycles. The Bertz CT molecular complexity index is 532. The molecule has 0 radical (unpaired) electrons. The van der Waals surface area contributed by atoms with Gasteiger partial charge in [0.05, 0.1) is 6.54 Å². The highest BCUT2D eigenvalue weighted by Crippen LogP contribution is 2.20. The quantitative estimate of drug-likeness (QED) is 0.773. The van der Waals surface area contributed by atoms with Crippen LogP contribution in [0.25, 0.3) is 0 Å². The number of benzene rings is 1. The van der Waals surface area contributed by atoms with Crippen LogP contribution >= 0.6 is 0 Å². The molecule has 1 aromatic carbocycles. The van der Waals surface area contributed by atoms with Crippen molar-refractivity contribution < 1.29 is 4.79 Å². The van der Waals surface area contributed by atoms with Crippen LogP contribution < -0.4 is 10.6 Å². The highest BCUT2D eigenvalue weighted by atomic mass is 16.1. The molecule has 0 saturated heterocycles. The zero-order valence-electron chi connectivity index (χ0n) is 10.6. The summed E-state index contributed by atoms with van der Waals surface area (Å²) in [7, 11) is 0. The number of aryl methyl sites for hydroxylation is 1. The molecule has 1 aromatic heterocycles. The number of aromatic nitrogens is 1. The summed E-state index contributed by atoms with van der Waals surface area (Å²) in [6.07, 6.45) is 1.90. The molecule has 0 aliphatic rings. The lowest BCUT2D eigenvalue weighted by atomic mass is 10.1. The molecule has 4 heteroatoms. The molecule has 94 valence electrons. The van der Waals surface area contributed by atoms with Crippen LogP contribution in [0, 0.1) is 6.92 Å². The Morgan fingerprint density at radius 2 is 2.17 bits per heavy atom. The first-order valence-electron chi connectivity index (χ1n) is 5.89. The van der Waals surface area contributed by atoms with Crippen molar-refractivity contribution in [2.45, 2.75) is 20.4 Å². The lowest BCUT2D eigenvalue weighted by molar-refractivity contribution is -0.114. The van der Waals surface area contributed by atoms with Crippen LogP contribution in [-0.2, 0) is 11.3 Å². The summed E-state index contributed by atoms with van der Waals surface area (Å²) < 4.78 is 0. The van der Waals surface area contributed by atoms with Crippen LogP contribution in [-0.4, -0.2) is 10.9 Å². The van der Waals surface area contributed by atoms with E-state index in [1.807, 2.05) is 43.5 Å². The first-order valence-corrected chi connectivity index (χ1v) is 5.89. The molecule has 2 aromatic rings. The highest BCUT2D eigenvalue weighted by molar-refractivity contribution is 5.89. The fraction of sp³-hybridized carbons (Fsp3) is 0.214. The first-order chi connectivity index (χ1) is 8.65. The fourth-order valence-electron chi connectivity index (χ4n) is 1.78. The van der Waals surface area contributed by atoms with E-state index in [0.29, 0.717) is 0 Å². The molecule has 0 unspecified atom stereocenters. The van der Waals surface area contributed by atoms with Crippen LogP contribution in [0.4, 0.5) is 11.4 Å². The number of H-pyrrole nitrogens is 1. The molecule has 0 spiro atoms. The standard InChI is InChI=1S/C14H17N3O/c1-10-8-12(5-6-14(10)17-11(2)18)16-9-13-4-3-7-15-13/h3-8,15-16H,9H2,1-2H3,(H,17,18). The maximum atomic E-state index is 11.0. The van der Waals surface area contributed by atoms with E-state index in [9.17, 15) is 4.79 Å². The van der Waals surface area contributed by atoms with Crippen molar-refractivity contribution in [3.63, 3.8) is 0 Å². The Balaban J connectivity index is 2.02. The smallest absolute Gasteiger partial charge is 0.221 e. The zero-order chi connectivity index (χ0) is 13.0. The average molecular weight is 243 g/mol. The van der Waals surface area contributed by atoms with Gasteiger partial charge in [-0.1, -0.05) is 0 Å². The van der Waals surface area contributed by atoms with E-state index < -0.39 is 0 Å². The molecule has 4 nitrogen and oxygen atoms in total. The fourth-order valence-corrected chi connectivity index (χ4v) is 1.78. The van der Waals surface area contributed by atoms with Crippen LogP contribution in [0.3, 0.4) is 0 Å². The zero-order valence-corrected chi connectivity index (χ0v) is 10.6. The van der Waals surface area contributed by atoms with Gasteiger partial charge in [0.25, 0.3) is 0 Å². The van der Waals surface area contributed by atoms with Gasteiger partial charge in [-0.3, -0.25) is 4.79 Å². The summed E-state index contributed by atoms with van der Waals surface area (Å²) >= 11 is 0. The number of aromatic amines is 1. The van der Waals surface area contributed by atoms with Crippen molar-refractivity contribution in [3.05, 3.63) is 47.8 Å². The number of carbonyl (C=O) groups excluding carboxylic acids is 1. The van der Waals surface area contributed by atoms with Gasteiger partial charge in [-0.05, 0) is 42.8 Å². The SMILES string of the molecule is CC(=O)Nc1ccc(NCc2ccc[nH]2)cc1C. The largest absolute Gasteiger partial charge is 0.379 e. The van der Waals surface area contributed by atoms with Crippen LogP contribution in [0.1, 0.15) is 18.2 Å². The lowest BCUT2D eigenvalue weighted by Gasteiger charge is -2.10. The molecule has 0 atom stereocenters. The minimum Gasteiger partial charge on any atom is -0.379 e. The lowest BCUT2D eigenvalue weighted by Crippen LogP contribution is -2.07. The molecule has 0 saturated carbocycles. The third-order valence-electron chi connectivity index (χ3n) is 2.68. The molecular formula is C14H17N3O. The van der Waals surface area contributed by atoms with Crippen LogP contribution in [0.2, 0.25) is 0 Å². The second-order valence-corrected chi connectivity index (χ2v) is 4.26. The number of amides is 1. The Kier molecular flexibility index (Phi) is 3.67. The molecule has 3 N–H and O–H groups in total. The number of anilines is 2. The van der Waals surface area contributed by atoms with Gasteiger partial charge in [-0.15, -0.1) is 0 Å². The Morgan fingerprint density at radius 1 is 1.33 bits per heavy atom. The number of hydrogen-bond donors (Lipinski definition) is 3. The van der Waals surface area contributed by atoms with Gasteiger partial charge in [-0.2, -0.15) is 0 Å². The minimum atomic E-state index is -0.0507. The van der Waals surface area contributed by atoms with Crippen molar-refractivity contribution in [1.82, 2.24) is 4.98 Å². The van der Waals surface area contributed by atoms with Crippen molar-refractivity contribution in [2.75, 3.05) is 10.6 Å². The van der Waals surface area contributed by atoms with Crippen LogP contribution in [0.15, 0.2) is 36.5 Å². The predicted molar refractivity (Wildman–Crippen MR) is 73.6 cm³/mol. The molecule has 1 amide bonds. The first kappa shape index (κ1) is 12.2. The van der Waals surface area contributed by atoms with Gasteiger partial charge in [0.2, 0.25) is 5.91 Å². The number of rotatable bonds is 4. The predicted octanol–water partition coefficient (Wildman–Crippen LogP) is 2.89. The van der Waals surface area contributed by atoms with Gasteiger partial charge in [0.15, 0.2) is 0 Å². The van der Waals surface area contributed by atoms with Gasteiger partial charge in [0, 0.05) is 30.2 Å². The van der Waals surface area contributed by atoms with Gasteiger partial charge >= 0.3 is 0 Å². The maximum absolute atomic E-state index is 11.0. The van der Waals surface area contributed by atoms with Gasteiger partial charge in [0.1, 0.15) is 0 Å². The Hall–Kier alpha value is -2.23. The van der Waals surface area contributed by atoms with Crippen molar-refractivity contribution in [3.8, 4) is 0 Å². The summed E-state index contributed by atoms with van der Waals surface area (Å²) in [5, 5.41) is 6.12. The van der Waals surface area contributed by atoms with Crippen molar-refractivity contribution >= 4 is 17.3 Å². The van der Waals surface area contributed by atoms with E-state index in [0.717, 1.165) is 29.2 Å². The Morgan fingerprint density at radius 3 is 2.78 bits per heavy atom. The highest BCUT2D eigenvalue weighted by Gasteiger charge is 2.01. The molecular weight excluding hydrogens is 226 g/mol. The van der Waals surface area contributed by atoms with E-state index in [-0.39, 0.29) is 5.91 Å². The average Bonchev–Trinajstić information content (AvgIpc) is 2.82. The van der Waals surface area contributed by atoms with Gasteiger partial charge in [-0.25, -0.2) is 0 Å². The second-order valence-electron chi connectivity index (χ2n) is 4.26. The molecule has 18 heavy (non-hydrogen) atoms. The van der Waals surface area contributed by atoms with E-state index in [2.05, 4.69) is 15.6 Å². The third-order valence-corrected chi connectivity index (χ3v) is 2.68. The number of hydrogen-bond acceptors (Lipinski definition) is 2. The monoisotopic (exact) mass is 243 g/mol. The van der Waals surface area contributed by atoms with E-state index in [4.69, 9.17) is 0 Å².